The summed E-state index contributed by atoms with van der Waals surface area (Å²) in [5.74, 6) is 1.19. The van der Waals surface area contributed by atoms with Gasteiger partial charge in [0.15, 0.2) is 0 Å². The minimum Gasteiger partial charge on any atom is -0.457 e. The molecule has 138 valence electrons. The Morgan fingerprint density at radius 2 is 1.81 bits per heavy atom. The molecule has 2 unspecified atom stereocenters. The number of rotatable bonds is 6. The highest BCUT2D eigenvalue weighted by molar-refractivity contribution is 5.99. The second kappa shape index (κ2) is 7.05. The Labute approximate surface area is 153 Å². The molecule has 1 aromatic carbocycles. The van der Waals surface area contributed by atoms with E-state index in [1.807, 2.05) is 20.8 Å². The molecular formula is C20H25N3O3. The van der Waals surface area contributed by atoms with Crippen LogP contribution in [0.25, 0.3) is 0 Å². The molecule has 1 aliphatic carbocycles. The van der Waals surface area contributed by atoms with Crippen molar-refractivity contribution in [3.05, 3.63) is 48.8 Å². The van der Waals surface area contributed by atoms with Gasteiger partial charge in [-0.1, -0.05) is 13.8 Å². The molecule has 1 amide bonds. The Kier molecular flexibility index (Phi) is 4.98. The molecule has 0 spiro atoms. The number of nitrogens with one attached hydrogen (secondary N) is 1. The van der Waals surface area contributed by atoms with Crippen LogP contribution in [0.2, 0.25) is 0 Å². The summed E-state index contributed by atoms with van der Waals surface area (Å²) >= 11 is 0. The first-order valence-corrected chi connectivity index (χ1v) is 8.76. The Balaban J connectivity index is 1.63. The Hall–Kier alpha value is -2.44. The third kappa shape index (κ3) is 3.30. The van der Waals surface area contributed by atoms with Crippen LogP contribution in [-0.2, 0) is 9.53 Å². The van der Waals surface area contributed by atoms with E-state index in [9.17, 15) is 4.79 Å². The van der Waals surface area contributed by atoms with Crippen molar-refractivity contribution in [2.75, 3.05) is 11.9 Å². The highest BCUT2D eigenvalue weighted by Gasteiger charge is 2.62. The van der Waals surface area contributed by atoms with Crippen LogP contribution in [0.15, 0.2) is 48.8 Å². The quantitative estimate of drug-likeness (QED) is 0.830. The van der Waals surface area contributed by atoms with Gasteiger partial charge in [-0.3, -0.25) is 9.78 Å². The first-order valence-electron chi connectivity index (χ1n) is 8.76. The van der Waals surface area contributed by atoms with Gasteiger partial charge in [-0.2, -0.15) is 0 Å². The first-order chi connectivity index (χ1) is 12.4. The lowest BCUT2D eigenvalue weighted by atomic mass is 9.54. The molecule has 1 aliphatic rings. The summed E-state index contributed by atoms with van der Waals surface area (Å²) in [6, 6.07) is 10.7. The molecule has 2 atom stereocenters. The van der Waals surface area contributed by atoms with Gasteiger partial charge in [0.05, 0.1) is 6.10 Å². The predicted molar refractivity (Wildman–Crippen MR) is 100 cm³/mol. The van der Waals surface area contributed by atoms with Gasteiger partial charge in [0.2, 0.25) is 5.91 Å². The highest BCUT2D eigenvalue weighted by Crippen LogP contribution is 2.50. The van der Waals surface area contributed by atoms with Crippen molar-refractivity contribution in [2.24, 2.45) is 11.1 Å². The van der Waals surface area contributed by atoms with Crippen molar-refractivity contribution >= 4 is 11.6 Å². The smallest absolute Gasteiger partial charge is 0.245 e. The molecule has 6 nitrogen and oxygen atoms in total. The number of ether oxygens (including phenoxy) is 2. The molecule has 0 saturated heterocycles. The van der Waals surface area contributed by atoms with Crippen LogP contribution in [0, 0.1) is 5.41 Å². The number of nitrogens with zero attached hydrogens (tertiary/aromatic N) is 1. The number of hydrogen-bond acceptors (Lipinski definition) is 5. The number of hydrogen-bond donors (Lipinski definition) is 2. The summed E-state index contributed by atoms with van der Waals surface area (Å²) in [4.78, 5) is 16.7. The molecule has 6 heteroatoms. The number of carbonyl (C=O) groups is 1. The maximum atomic E-state index is 12.7. The Morgan fingerprint density at radius 3 is 2.38 bits per heavy atom. The first kappa shape index (κ1) is 18.4. The lowest BCUT2D eigenvalue weighted by molar-refractivity contribution is -0.166. The predicted octanol–water partition coefficient (Wildman–Crippen LogP) is 3.34. The zero-order valence-corrected chi connectivity index (χ0v) is 15.4. The second-order valence-electron chi connectivity index (χ2n) is 7.10. The van der Waals surface area contributed by atoms with Gasteiger partial charge in [0.1, 0.15) is 17.0 Å². The van der Waals surface area contributed by atoms with Crippen LogP contribution >= 0.6 is 0 Å². The number of anilines is 1. The zero-order valence-electron chi connectivity index (χ0n) is 15.4. The largest absolute Gasteiger partial charge is 0.457 e. The van der Waals surface area contributed by atoms with Crippen molar-refractivity contribution < 1.29 is 14.3 Å². The summed E-state index contributed by atoms with van der Waals surface area (Å²) in [6.45, 7) is 6.51. The molecule has 1 fully saturated rings. The van der Waals surface area contributed by atoms with E-state index in [-0.39, 0.29) is 12.0 Å². The topological polar surface area (TPSA) is 86.5 Å². The molecule has 1 heterocycles. The third-order valence-corrected chi connectivity index (χ3v) is 5.23. The molecule has 0 aliphatic heterocycles. The number of pyridine rings is 1. The van der Waals surface area contributed by atoms with Crippen molar-refractivity contribution in [1.82, 2.24) is 4.98 Å². The van der Waals surface area contributed by atoms with Crippen molar-refractivity contribution in [1.29, 1.82) is 0 Å². The van der Waals surface area contributed by atoms with E-state index in [1.54, 1.807) is 48.8 Å². The molecule has 0 radical (unpaired) electrons. The average Bonchev–Trinajstić information content (AvgIpc) is 2.64. The molecule has 1 aromatic heterocycles. The molecular weight excluding hydrogens is 330 g/mol. The number of benzene rings is 1. The van der Waals surface area contributed by atoms with E-state index in [1.165, 1.54) is 0 Å². The van der Waals surface area contributed by atoms with E-state index >= 15 is 0 Å². The number of carbonyl (C=O) groups excluding carboxylic acids is 1. The van der Waals surface area contributed by atoms with Crippen LogP contribution in [0.3, 0.4) is 0 Å². The van der Waals surface area contributed by atoms with Crippen LogP contribution in [-0.4, -0.2) is 29.1 Å². The zero-order chi connectivity index (χ0) is 18.8. The fourth-order valence-corrected chi connectivity index (χ4v) is 3.21. The van der Waals surface area contributed by atoms with Gasteiger partial charge in [0.25, 0.3) is 0 Å². The molecule has 3 N–H and O–H groups in total. The minimum atomic E-state index is -0.945. The van der Waals surface area contributed by atoms with E-state index in [0.717, 1.165) is 0 Å². The van der Waals surface area contributed by atoms with E-state index in [0.29, 0.717) is 30.2 Å². The summed E-state index contributed by atoms with van der Waals surface area (Å²) in [7, 11) is 0. The van der Waals surface area contributed by atoms with Gasteiger partial charge in [-0.05, 0) is 43.3 Å². The summed E-state index contributed by atoms with van der Waals surface area (Å²) in [5, 5.41) is 2.91. The third-order valence-electron chi connectivity index (χ3n) is 5.23. The number of nitrogens with two attached hydrogens (primary N) is 1. The van der Waals surface area contributed by atoms with Gasteiger partial charge in [0, 0.05) is 36.5 Å². The standard InChI is InChI=1S/C20H25N3O3/c1-4-25-17-13-20(21,19(17,2)3)18(24)23-14-5-7-15(8-6-14)26-16-9-11-22-12-10-16/h5-12,17H,4,13,21H2,1-3H3,(H,23,24). The Morgan fingerprint density at radius 1 is 1.19 bits per heavy atom. The SMILES string of the molecule is CCOC1CC(N)(C(=O)Nc2ccc(Oc3ccncc3)cc2)C1(C)C. The van der Waals surface area contributed by atoms with Gasteiger partial charge < -0.3 is 20.5 Å². The van der Waals surface area contributed by atoms with Crippen LogP contribution in [0.4, 0.5) is 5.69 Å². The molecule has 26 heavy (non-hydrogen) atoms. The summed E-state index contributed by atoms with van der Waals surface area (Å²) in [6.07, 6.45) is 3.85. The monoisotopic (exact) mass is 355 g/mol. The van der Waals surface area contributed by atoms with Crippen molar-refractivity contribution in [2.45, 2.75) is 38.8 Å². The van der Waals surface area contributed by atoms with Crippen LogP contribution in [0.1, 0.15) is 27.2 Å². The molecule has 2 aromatic rings. The molecule has 1 saturated carbocycles. The number of amides is 1. The maximum absolute atomic E-state index is 12.7. The van der Waals surface area contributed by atoms with E-state index in [4.69, 9.17) is 15.2 Å². The molecule has 0 bridgehead atoms. The second-order valence-corrected chi connectivity index (χ2v) is 7.10. The van der Waals surface area contributed by atoms with Crippen molar-refractivity contribution in [3.63, 3.8) is 0 Å². The fraction of sp³-hybridized carbons (Fsp3) is 0.400. The fourth-order valence-electron chi connectivity index (χ4n) is 3.21. The van der Waals surface area contributed by atoms with E-state index in [2.05, 4.69) is 10.3 Å². The van der Waals surface area contributed by atoms with Gasteiger partial charge in [-0.25, -0.2) is 0 Å². The van der Waals surface area contributed by atoms with Crippen LogP contribution < -0.4 is 15.8 Å². The van der Waals surface area contributed by atoms with Crippen molar-refractivity contribution in [3.8, 4) is 11.5 Å². The molecule has 3 rings (SSSR count). The average molecular weight is 355 g/mol. The van der Waals surface area contributed by atoms with Gasteiger partial charge in [-0.15, -0.1) is 0 Å². The van der Waals surface area contributed by atoms with E-state index < -0.39 is 11.0 Å². The lowest BCUT2D eigenvalue weighted by Gasteiger charge is -2.57. The minimum absolute atomic E-state index is 0.000566. The number of aromatic nitrogens is 1. The summed E-state index contributed by atoms with van der Waals surface area (Å²) in [5.41, 5.74) is 5.72. The normalized spacial score (nSPS) is 23.8. The lowest BCUT2D eigenvalue weighted by Crippen LogP contribution is -2.74. The highest BCUT2D eigenvalue weighted by atomic mass is 16.5. The maximum Gasteiger partial charge on any atom is 0.245 e. The summed E-state index contributed by atoms with van der Waals surface area (Å²) < 4.78 is 11.4. The Bertz CT molecular complexity index is 762. The van der Waals surface area contributed by atoms with Crippen LogP contribution in [0.5, 0.6) is 11.5 Å². The van der Waals surface area contributed by atoms with Gasteiger partial charge >= 0.3 is 0 Å².